The lowest BCUT2D eigenvalue weighted by atomic mass is 10.1. The molecule has 4 aromatic rings. The van der Waals surface area contributed by atoms with Crippen molar-refractivity contribution in [3.63, 3.8) is 0 Å². The maximum absolute atomic E-state index is 13.2. The molecule has 4 aromatic carbocycles. The number of hydrogen-bond acceptors (Lipinski definition) is 3. The van der Waals surface area contributed by atoms with E-state index in [0.29, 0.717) is 23.7 Å². The van der Waals surface area contributed by atoms with Gasteiger partial charge in [0.25, 0.3) is 0 Å². The molecule has 0 saturated carbocycles. The van der Waals surface area contributed by atoms with Gasteiger partial charge in [0, 0.05) is 6.07 Å². The fourth-order valence-corrected chi connectivity index (χ4v) is 3.34. The van der Waals surface area contributed by atoms with Crippen molar-refractivity contribution in [1.82, 2.24) is 0 Å². The summed E-state index contributed by atoms with van der Waals surface area (Å²) in [7, 11) is 0. The summed E-state index contributed by atoms with van der Waals surface area (Å²) in [6, 6.07) is 29.0. The van der Waals surface area contributed by atoms with Gasteiger partial charge >= 0.3 is 0 Å². The molecule has 3 nitrogen and oxygen atoms in total. The van der Waals surface area contributed by atoms with E-state index in [-0.39, 0.29) is 18.2 Å². The molecule has 0 bridgehead atoms. The van der Waals surface area contributed by atoms with Crippen LogP contribution in [0.1, 0.15) is 32.6 Å². The van der Waals surface area contributed by atoms with Gasteiger partial charge in [0.15, 0.2) is 5.78 Å². The van der Waals surface area contributed by atoms with E-state index in [2.05, 4.69) is 0 Å². The van der Waals surface area contributed by atoms with Crippen molar-refractivity contribution < 1.29 is 18.7 Å². The Labute approximate surface area is 199 Å². The molecule has 170 valence electrons. The highest BCUT2D eigenvalue weighted by atomic mass is 19.1. The molecule has 0 N–H and O–H groups in total. The minimum Gasteiger partial charge on any atom is -0.489 e. The van der Waals surface area contributed by atoms with Crippen LogP contribution in [0.3, 0.4) is 0 Å². The molecule has 0 atom stereocenters. The van der Waals surface area contributed by atoms with Gasteiger partial charge in [-0.1, -0.05) is 78.4 Å². The summed E-state index contributed by atoms with van der Waals surface area (Å²) in [5, 5.41) is 0. The monoisotopic (exact) mass is 452 g/mol. The number of carbonyl (C=O) groups is 1. The van der Waals surface area contributed by atoms with Crippen LogP contribution in [-0.4, -0.2) is 5.78 Å². The number of ether oxygens (including phenoxy) is 2. The van der Waals surface area contributed by atoms with E-state index in [4.69, 9.17) is 9.47 Å². The van der Waals surface area contributed by atoms with Crippen molar-refractivity contribution in [1.29, 1.82) is 0 Å². The van der Waals surface area contributed by atoms with Crippen molar-refractivity contribution in [2.45, 2.75) is 20.1 Å². The third-order valence-electron chi connectivity index (χ3n) is 5.28. The zero-order valence-corrected chi connectivity index (χ0v) is 18.9. The van der Waals surface area contributed by atoms with Gasteiger partial charge < -0.3 is 9.47 Å². The first-order chi connectivity index (χ1) is 16.6. The average Bonchev–Trinajstić information content (AvgIpc) is 2.87. The summed E-state index contributed by atoms with van der Waals surface area (Å²) >= 11 is 0. The number of hydrogen-bond donors (Lipinski definition) is 0. The lowest BCUT2D eigenvalue weighted by molar-refractivity contribution is 0.104. The Morgan fingerprint density at radius 2 is 1.47 bits per heavy atom. The molecule has 0 fully saturated rings. The maximum atomic E-state index is 13.2. The topological polar surface area (TPSA) is 35.5 Å². The van der Waals surface area contributed by atoms with Crippen molar-refractivity contribution in [2.75, 3.05) is 0 Å². The Morgan fingerprint density at radius 1 is 0.794 bits per heavy atom. The predicted molar refractivity (Wildman–Crippen MR) is 132 cm³/mol. The number of ketones is 1. The highest BCUT2D eigenvalue weighted by Gasteiger charge is 2.13. The number of carbonyl (C=O) groups excluding carboxylic acids is 1. The van der Waals surface area contributed by atoms with E-state index >= 15 is 0 Å². The number of benzene rings is 4. The number of allylic oxidation sites excluding steroid dienone is 1. The summed E-state index contributed by atoms with van der Waals surface area (Å²) in [5.74, 6) is 0.520. The molecular formula is C30H25FO3. The number of halogens is 1. The van der Waals surface area contributed by atoms with Crippen LogP contribution >= 0.6 is 0 Å². The first-order valence-electron chi connectivity index (χ1n) is 11.0. The lowest BCUT2D eigenvalue weighted by Gasteiger charge is -2.13. The lowest BCUT2D eigenvalue weighted by Crippen LogP contribution is -2.04. The second kappa shape index (κ2) is 11.1. The molecule has 34 heavy (non-hydrogen) atoms. The minimum atomic E-state index is -0.308. The van der Waals surface area contributed by atoms with Crippen LogP contribution in [0.2, 0.25) is 0 Å². The number of rotatable bonds is 9. The molecule has 4 rings (SSSR count). The van der Waals surface area contributed by atoms with E-state index in [1.807, 2.05) is 61.5 Å². The van der Waals surface area contributed by atoms with E-state index in [1.165, 1.54) is 18.2 Å². The molecule has 0 heterocycles. The highest BCUT2D eigenvalue weighted by molar-refractivity contribution is 6.08. The third kappa shape index (κ3) is 6.42. The van der Waals surface area contributed by atoms with Crippen molar-refractivity contribution in [3.05, 3.63) is 137 Å². The Hall–Kier alpha value is -4.18. The molecule has 4 heteroatoms. The Kier molecular flexibility index (Phi) is 7.51. The van der Waals surface area contributed by atoms with Gasteiger partial charge in [0.2, 0.25) is 0 Å². The van der Waals surface area contributed by atoms with E-state index in [9.17, 15) is 9.18 Å². The van der Waals surface area contributed by atoms with Crippen LogP contribution in [0, 0.1) is 12.7 Å². The predicted octanol–water partition coefficient (Wildman–Crippen LogP) is 7.19. The van der Waals surface area contributed by atoms with Gasteiger partial charge in [-0.25, -0.2) is 4.39 Å². The summed E-state index contributed by atoms with van der Waals surface area (Å²) in [4.78, 5) is 13.0. The Balaban J connectivity index is 1.54. The molecule has 0 aliphatic heterocycles. The van der Waals surface area contributed by atoms with Crippen LogP contribution in [-0.2, 0) is 13.2 Å². The van der Waals surface area contributed by atoms with Gasteiger partial charge in [-0.3, -0.25) is 4.79 Å². The van der Waals surface area contributed by atoms with Gasteiger partial charge in [0.1, 0.15) is 30.5 Å². The van der Waals surface area contributed by atoms with Crippen molar-refractivity contribution in [3.8, 4) is 11.5 Å². The van der Waals surface area contributed by atoms with Gasteiger partial charge in [-0.2, -0.15) is 0 Å². The number of aryl methyl sites for hydroxylation is 1. The average molecular weight is 453 g/mol. The smallest absolute Gasteiger partial charge is 0.189 e. The van der Waals surface area contributed by atoms with Gasteiger partial charge in [0.05, 0.1) is 5.56 Å². The molecule has 0 aliphatic carbocycles. The third-order valence-corrected chi connectivity index (χ3v) is 5.28. The van der Waals surface area contributed by atoms with Gasteiger partial charge in [-0.15, -0.1) is 0 Å². The van der Waals surface area contributed by atoms with E-state index in [0.717, 1.165) is 22.3 Å². The molecule has 0 radical (unpaired) electrons. The van der Waals surface area contributed by atoms with Crippen LogP contribution in [0.25, 0.3) is 6.08 Å². The first kappa shape index (κ1) is 23.0. The SMILES string of the molecule is Cc1ccc(/C=C/C(=O)c2ccc(OCc3ccccc3)cc2OCc2ccc(F)cc2)cc1. The van der Waals surface area contributed by atoms with E-state index < -0.39 is 0 Å². The van der Waals surface area contributed by atoms with Crippen LogP contribution in [0.15, 0.2) is 103 Å². The fraction of sp³-hybridized carbons (Fsp3) is 0.100. The maximum Gasteiger partial charge on any atom is 0.189 e. The molecule has 0 unspecified atom stereocenters. The molecular weight excluding hydrogens is 427 g/mol. The highest BCUT2D eigenvalue weighted by Crippen LogP contribution is 2.28. The van der Waals surface area contributed by atoms with Crippen molar-refractivity contribution in [2.24, 2.45) is 0 Å². The fourth-order valence-electron chi connectivity index (χ4n) is 3.34. The molecule has 0 amide bonds. The summed E-state index contributed by atoms with van der Waals surface area (Å²) in [6.07, 6.45) is 3.32. The summed E-state index contributed by atoms with van der Waals surface area (Å²) in [5.41, 5.74) is 4.36. The summed E-state index contributed by atoms with van der Waals surface area (Å²) in [6.45, 7) is 2.62. The second-order valence-corrected chi connectivity index (χ2v) is 7.96. The van der Waals surface area contributed by atoms with Gasteiger partial charge in [-0.05, 0) is 54.0 Å². The second-order valence-electron chi connectivity index (χ2n) is 7.96. The first-order valence-corrected chi connectivity index (χ1v) is 11.0. The minimum absolute atomic E-state index is 0.177. The molecule has 0 aromatic heterocycles. The van der Waals surface area contributed by atoms with Crippen LogP contribution < -0.4 is 9.47 Å². The van der Waals surface area contributed by atoms with Crippen molar-refractivity contribution >= 4 is 11.9 Å². The Bertz CT molecular complexity index is 1260. The Morgan fingerprint density at radius 3 is 2.21 bits per heavy atom. The standard InChI is InChI=1S/C30H25FO3/c1-22-7-9-23(10-8-22)13-18-29(32)28-17-16-27(33-20-24-5-3-2-4-6-24)19-30(28)34-21-25-11-14-26(31)15-12-25/h2-19H,20-21H2,1H3/b18-13+. The van der Waals surface area contributed by atoms with E-state index in [1.54, 1.807) is 36.4 Å². The molecule has 0 aliphatic rings. The molecule has 0 saturated heterocycles. The largest absolute Gasteiger partial charge is 0.489 e. The summed E-state index contributed by atoms with van der Waals surface area (Å²) < 4.78 is 25.1. The molecule has 0 spiro atoms. The normalized spacial score (nSPS) is 10.9. The van der Waals surface area contributed by atoms with Crippen LogP contribution in [0.5, 0.6) is 11.5 Å². The zero-order valence-electron chi connectivity index (χ0n) is 18.9. The quantitative estimate of drug-likeness (QED) is 0.199. The zero-order chi connectivity index (χ0) is 23.8. The van der Waals surface area contributed by atoms with Crippen LogP contribution in [0.4, 0.5) is 4.39 Å².